The number of carbonyl (C=O) groups is 1. The first-order valence-corrected chi connectivity index (χ1v) is 9.74. The molecule has 0 aliphatic rings. The highest BCUT2D eigenvalue weighted by molar-refractivity contribution is 6.03. The Kier molecular flexibility index (Phi) is 4.74. The molecular formula is C21H15F3N8O2. The number of amides is 1. The van der Waals surface area contributed by atoms with Crippen LogP contribution in [0.4, 0.5) is 30.6 Å². The third-order valence-corrected chi connectivity index (χ3v) is 5.03. The number of carbonyl (C=O) groups excluding carboxylic acids is 1. The number of anilines is 3. The number of nitrogens with one attached hydrogen (secondary N) is 1. The topological polar surface area (TPSA) is 143 Å². The van der Waals surface area contributed by atoms with Gasteiger partial charge in [-0.1, -0.05) is 5.16 Å². The largest absolute Gasteiger partial charge is 0.435 e. The predicted molar refractivity (Wildman–Crippen MR) is 116 cm³/mol. The average Bonchev–Trinajstić information content (AvgIpc) is 3.52. The lowest BCUT2D eigenvalue weighted by atomic mass is 10.2. The predicted octanol–water partition coefficient (Wildman–Crippen LogP) is 3.63. The second-order valence-corrected chi connectivity index (χ2v) is 7.23. The van der Waals surface area contributed by atoms with Crippen LogP contribution in [-0.2, 0) is 6.18 Å². The maximum Gasteiger partial charge on any atom is 0.435 e. The molecule has 0 aliphatic heterocycles. The number of nitrogens with zero attached hydrogens (tertiary/aromatic N) is 5. The van der Waals surface area contributed by atoms with E-state index < -0.39 is 17.8 Å². The van der Waals surface area contributed by atoms with Gasteiger partial charge in [-0.2, -0.15) is 18.3 Å². The summed E-state index contributed by atoms with van der Waals surface area (Å²) in [5.41, 5.74) is 11.5. The van der Waals surface area contributed by atoms with Crippen molar-refractivity contribution in [3.63, 3.8) is 0 Å². The zero-order valence-corrected chi connectivity index (χ0v) is 17.1. The van der Waals surface area contributed by atoms with Gasteiger partial charge in [0, 0.05) is 29.8 Å². The molecule has 0 aliphatic carbocycles. The van der Waals surface area contributed by atoms with E-state index >= 15 is 0 Å². The molecule has 10 nitrogen and oxygen atoms in total. The Morgan fingerprint density at radius 1 is 1.03 bits per heavy atom. The second kappa shape index (κ2) is 7.65. The summed E-state index contributed by atoms with van der Waals surface area (Å²) in [4.78, 5) is 16.9. The van der Waals surface area contributed by atoms with Crippen LogP contribution in [0.3, 0.4) is 0 Å². The van der Waals surface area contributed by atoms with Crippen molar-refractivity contribution in [3.8, 4) is 11.4 Å². The van der Waals surface area contributed by atoms with Gasteiger partial charge in [0.2, 0.25) is 5.95 Å². The number of hydrogen-bond acceptors (Lipinski definition) is 7. The maximum absolute atomic E-state index is 13.4. The van der Waals surface area contributed by atoms with E-state index in [1.54, 1.807) is 35.0 Å². The van der Waals surface area contributed by atoms with Crippen molar-refractivity contribution in [2.75, 3.05) is 16.8 Å². The second-order valence-electron chi connectivity index (χ2n) is 7.23. The van der Waals surface area contributed by atoms with Crippen LogP contribution >= 0.6 is 0 Å². The Morgan fingerprint density at radius 2 is 1.76 bits per heavy atom. The molecule has 3 heterocycles. The van der Waals surface area contributed by atoms with Crippen molar-refractivity contribution in [1.82, 2.24) is 24.5 Å². The van der Waals surface area contributed by atoms with Crippen molar-refractivity contribution >= 4 is 34.3 Å². The van der Waals surface area contributed by atoms with Crippen LogP contribution in [0.5, 0.6) is 0 Å². The normalized spacial score (nSPS) is 11.7. The van der Waals surface area contributed by atoms with Gasteiger partial charge >= 0.3 is 6.18 Å². The molecule has 5 N–H and O–H groups in total. The third-order valence-electron chi connectivity index (χ3n) is 5.03. The lowest BCUT2D eigenvalue weighted by Crippen LogP contribution is -2.17. The number of alkyl halides is 3. The summed E-state index contributed by atoms with van der Waals surface area (Å²) >= 11 is 0. The fourth-order valence-corrected chi connectivity index (χ4v) is 3.39. The fourth-order valence-electron chi connectivity index (χ4n) is 3.39. The quantitative estimate of drug-likeness (QED) is 0.365. The summed E-state index contributed by atoms with van der Waals surface area (Å²) in [5.74, 6) is -0.452. The van der Waals surface area contributed by atoms with E-state index in [0.29, 0.717) is 28.4 Å². The molecule has 3 aromatic heterocycles. The highest BCUT2D eigenvalue weighted by Crippen LogP contribution is 2.31. The Labute approximate surface area is 188 Å². The van der Waals surface area contributed by atoms with Crippen molar-refractivity contribution in [1.29, 1.82) is 0 Å². The Balaban J connectivity index is 1.49. The van der Waals surface area contributed by atoms with E-state index in [0.717, 1.165) is 4.68 Å². The molecule has 0 unspecified atom stereocenters. The van der Waals surface area contributed by atoms with Crippen LogP contribution in [0.1, 0.15) is 16.2 Å². The minimum atomic E-state index is -4.76. The molecule has 0 fully saturated rings. The average molecular weight is 468 g/mol. The van der Waals surface area contributed by atoms with Crippen molar-refractivity contribution in [2.24, 2.45) is 0 Å². The molecule has 5 aromatic rings. The van der Waals surface area contributed by atoms with Gasteiger partial charge in [-0.05, 0) is 42.5 Å². The van der Waals surface area contributed by atoms with E-state index in [1.165, 1.54) is 24.4 Å². The number of aromatic nitrogens is 5. The number of nitrogens with two attached hydrogens (primary N) is 2. The third kappa shape index (κ3) is 3.68. The zero-order chi connectivity index (χ0) is 24.0. The van der Waals surface area contributed by atoms with E-state index in [1.807, 2.05) is 0 Å². The molecule has 0 atom stereocenters. The number of benzene rings is 2. The highest BCUT2D eigenvalue weighted by atomic mass is 19.4. The van der Waals surface area contributed by atoms with Crippen LogP contribution < -0.4 is 16.8 Å². The molecule has 34 heavy (non-hydrogen) atoms. The summed E-state index contributed by atoms with van der Waals surface area (Å²) in [6.45, 7) is 0. The molecule has 172 valence electrons. The SMILES string of the molecule is Nc1noc2ccc(-n3nc(C(F)(F)F)cc3C(=O)Nc3ccc(-n4ccnc4N)cc3)cc12. The maximum atomic E-state index is 13.4. The van der Waals surface area contributed by atoms with Gasteiger partial charge in [-0.3, -0.25) is 9.36 Å². The number of imidazole rings is 1. The summed E-state index contributed by atoms with van der Waals surface area (Å²) < 4.78 is 47.7. The number of nitrogen functional groups attached to an aromatic ring is 2. The van der Waals surface area contributed by atoms with Gasteiger partial charge in [0.1, 0.15) is 5.69 Å². The smallest absolute Gasteiger partial charge is 0.380 e. The van der Waals surface area contributed by atoms with Gasteiger partial charge in [-0.25, -0.2) is 9.67 Å². The van der Waals surface area contributed by atoms with Crippen LogP contribution in [0.15, 0.2) is 65.4 Å². The van der Waals surface area contributed by atoms with Gasteiger partial charge in [0.05, 0.1) is 11.1 Å². The molecular weight excluding hydrogens is 453 g/mol. The zero-order valence-electron chi connectivity index (χ0n) is 17.1. The molecule has 0 radical (unpaired) electrons. The van der Waals surface area contributed by atoms with Gasteiger partial charge in [0.25, 0.3) is 5.91 Å². The van der Waals surface area contributed by atoms with Gasteiger partial charge in [-0.15, -0.1) is 0 Å². The van der Waals surface area contributed by atoms with Crippen molar-refractivity contribution in [2.45, 2.75) is 6.18 Å². The first-order chi connectivity index (χ1) is 16.2. The molecule has 5 rings (SSSR count). The van der Waals surface area contributed by atoms with E-state index in [2.05, 4.69) is 20.6 Å². The molecule has 2 aromatic carbocycles. The minimum Gasteiger partial charge on any atom is -0.380 e. The summed E-state index contributed by atoms with van der Waals surface area (Å²) in [5, 5.41) is 10.2. The summed E-state index contributed by atoms with van der Waals surface area (Å²) in [6.07, 6.45) is -1.55. The summed E-state index contributed by atoms with van der Waals surface area (Å²) in [6, 6.07) is 11.6. The van der Waals surface area contributed by atoms with Crippen LogP contribution in [0.25, 0.3) is 22.3 Å². The van der Waals surface area contributed by atoms with Crippen molar-refractivity contribution < 1.29 is 22.5 Å². The van der Waals surface area contributed by atoms with Crippen molar-refractivity contribution in [3.05, 3.63) is 72.3 Å². The lowest BCUT2D eigenvalue weighted by Gasteiger charge is -2.10. The Morgan fingerprint density at radius 3 is 2.44 bits per heavy atom. The standard InChI is InChI=1S/C21H15F3N8O2/c22-21(23,24)17-10-15(32(29-17)13-5-6-16-14(9-13)18(25)30-34-16)19(33)28-11-1-3-12(4-2-11)31-8-7-27-20(31)26/h1-10H,(H2,25,30)(H2,26,27)(H,28,33). The molecule has 13 heteroatoms. The van der Waals surface area contributed by atoms with Gasteiger partial charge in [0.15, 0.2) is 17.1 Å². The van der Waals surface area contributed by atoms with Crippen LogP contribution in [0.2, 0.25) is 0 Å². The molecule has 0 spiro atoms. The number of rotatable bonds is 4. The number of fused-ring (bicyclic) bond motifs is 1. The van der Waals surface area contributed by atoms with Crippen LogP contribution in [0, 0.1) is 0 Å². The van der Waals surface area contributed by atoms with Gasteiger partial charge < -0.3 is 21.3 Å². The minimum absolute atomic E-state index is 0.0599. The van der Waals surface area contributed by atoms with Crippen LogP contribution in [-0.4, -0.2) is 30.4 Å². The lowest BCUT2D eigenvalue weighted by molar-refractivity contribution is -0.141. The molecule has 0 bridgehead atoms. The molecule has 0 saturated heterocycles. The van der Waals surface area contributed by atoms with E-state index in [4.69, 9.17) is 16.0 Å². The first-order valence-electron chi connectivity index (χ1n) is 9.74. The fraction of sp³-hybridized carbons (Fsp3) is 0.0476. The monoisotopic (exact) mass is 468 g/mol. The molecule has 0 saturated carbocycles. The Hall–Kier alpha value is -4.81. The molecule has 1 amide bonds. The number of halogens is 3. The van der Waals surface area contributed by atoms with E-state index in [9.17, 15) is 18.0 Å². The summed E-state index contributed by atoms with van der Waals surface area (Å²) in [7, 11) is 0. The highest BCUT2D eigenvalue weighted by Gasteiger charge is 2.36. The van der Waals surface area contributed by atoms with E-state index in [-0.39, 0.29) is 23.1 Å². The first kappa shape index (κ1) is 21.1. The number of hydrogen-bond donors (Lipinski definition) is 3. The Bertz CT molecular complexity index is 1520.